The summed E-state index contributed by atoms with van der Waals surface area (Å²) in [6.07, 6.45) is -3.21. The summed E-state index contributed by atoms with van der Waals surface area (Å²) >= 11 is 0. The minimum atomic E-state index is -4.20. The maximum absolute atomic E-state index is 12.3. The Labute approximate surface area is 90.7 Å². The van der Waals surface area contributed by atoms with Crippen molar-refractivity contribution >= 4 is 5.78 Å². The molecule has 96 valence electrons. The number of Topliss-reactive ketones (excluding diaryl/α,β-unsaturated/α-hetero) is 1. The predicted octanol–water partition coefficient (Wildman–Crippen LogP) is 1.90. The van der Waals surface area contributed by atoms with Crippen LogP contribution in [0.15, 0.2) is 0 Å². The van der Waals surface area contributed by atoms with Crippen molar-refractivity contribution in [2.75, 3.05) is 26.9 Å². The number of halogens is 4. The summed E-state index contributed by atoms with van der Waals surface area (Å²) < 4.78 is 56.8. The van der Waals surface area contributed by atoms with Gasteiger partial charge in [-0.2, -0.15) is 8.78 Å². The number of rotatable bonds is 9. The Morgan fingerprint density at radius 1 is 1.38 bits per heavy atom. The summed E-state index contributed by atoms with van der Waals surface area (Å²) in [6.45, 7) is -1.65. The van der Waals surface area contributed by atoms with Crippen LogP contribution in [0.1, 0.15) is 12.8 Å². The van der Waals surface area contributed by atoms with E-state index in [0.29, 0.717) is 13.0 Å². The maximum atomic E-state index is 12.3. The molecule has 0 radical (unpaired) electrons. The smallest absolute Gasteiger partial charge is 0.330 e. The zero-order valence-corrected chi connectivity index (χ0v) is 8.85. The Bertz CT molecular complexity index is 209. The Morgan fingerprint density at radius 3 is 2.50 bits per heavy atom. The summed E-state index contributed by atoms with van der Waals surface area (Å²) in [5, 5.41) is 0. The van der Waals surface area contributed by atoms with Crippen LogP contribution in [0.4, 0.5) is 17.6 Å². The van der Waals surface area contributed by atoms with E-state index in [-0.39, 0.29) is 6.42 Å². The van der Waals surface area contributed by atoms with Gasteiger partial charge in [-0.1, -0.05) is 0 Å². The lowest BCUT2D eigenvalue weighted by atomic mass is 10.2. The lowest BCUT2D eigenvalue weighted by Gasteiger charge is -2.14. The van der Waals surface area contributed by atoms with Gasteiger partial charge in [0.2, 0.25) is 0 Å². The van der Waals surface area contributed by atoms with E-state index >= 15 is 0 Å². The SMILES string of the molecule is COCCCC(=O)COCC(F)(F)C(F)F. The molecule has 0 aromatic rings. The molecule has 0 rings (SSSR count). The highest BCUT2D eigenvalue weighted by Crippen LogP contribution is 2.22. The van der Waals surface area contributed by atoms with Gasteiger partial charge < -0.3 is 9.47 Å². The van der Waals surface area contributed by atoms with Crippen molar-refractivity contribution < 1.29 is 31.8 Å². The molecule has 0 spiro atoms. The number of hydrogen-bond donors (Lipinski definition) is 0. The summed E-state index contributed by atoms with van der Waals surface area (Å²) in [4.78, 5) is 11.0. The summed E-state index contributed by atoms with van der Waals surface area (Å²) in [5.41, 5.74) is 0. The molecule has 0 unspecified atom stereocenters. The number of hydrogen-bond acceptors (Lipinski definition) is 3. The number of ketones is 1. The average Bonchev–Trinajstić information content (AvgIpc) is 2.17. The fraction of sp³-hybridized carbons (Fsp3) is 0.889. The van der Waals surface area contributed by atoms with Crippen molar-refractivity contribution in [3.8, 4) is 0 Å². The molecule has 0 aliphatic heterocycles. The largest absolute Gasteiger partial charge is 0.385 e. The van der Waals surface area contributed by atoms with E-state index in [0.717, 1.165) is 0 Å². The Balaban J connectivity index is 3.61. The molecular weight excluding hydrogens is 232 g/mol. The van der Waals surface area contributed by atoms with Crippen molar-refractivity contribution in [3.05, 3.63) is 0 Å². The number of methoxy groups -OCH3 is 1. The molecule has 0 aromatic carbocycles. The quantitative estimate of drug-likeness (QED) is 0.460. The number of carbonyl (C=O) groups is 1. The Morgan fingerprint density at radius 2 is 2.00 bits per heavy atom. The second kappa shape index (κ2) is 7.56. The fourth-order valence-electron chi connectivity index (χ4n) is 0.850. The topological polar surface area (TPSA) is 35.5 Å². The van der Waals surface area contributed by atoms with Gasteiger partial charge >= 0.3 is 12.3 Å². The highest BCUT2D eigenvalue weighted by molar-refractivity contribution is 5.79. The molecule has 0 saturated heterocycles. The lowest BCUT2D eigenvalue weighted by molar-refractivity contribution is -0.168. The lowest BCUT2D eigenvalue weighted by Crippen LogP contribution is -2.33. The monoisotopic (exact) mass is 246 g/mol. The van der Waals surface area contributed by atoms with Gasteiger partial charge in [-0.3, -0.25) is 4.79 Å². The minimum Gasteiger partial charge on any atom is -0.385 e. The zero-order valence-electron chi connectivity index (χ0n) is 8.85. The first-order valence-electron chi connectivity index (χ1n) is 4.64. The van der Waals surface area contributed by atoms with Crippen LogP contribution in [0.2, 0.25) is 0 Å². The van der Waals surface area contributed by atoms with Crippen LogP contribution in [-0.4, -0.2) is 45.1 Å². The fourth-order valence-corrected chi connectivity index (χ4v) is 0.850. The summed E-state index contributed by atoms with van der Waals surface area (Å²) in [5.74, 6) is -4.62. The molecule has 7 heteroatoms. The molecule has 0 aliphatic carbocycles. The summed E-state index contributed by atoms with van der Waals surface area (Å²) in [6, 6.07) is 0. The van der Waals surface area contributed by atoms with Gasteiger partial charge in [-0.05, 0) is 6.42 Å². The molecule has 16 heavy (non-hydrogen) atoms. The van der Waals surface area contributed by atoms with Gasteiger partial charge in [-0.25, -0.2) is 8.78 Å². The molecule has 0 N–H and O–H groups in total. The molecule has 0 amide bonds. The Hall–Kier alpha value is -0.690. The van der Waals surface area contributed by atoms with Crippen LogP contribution in [-0.2, 0) is 14.3 Å². The average molecular weight is 246 g/mol. The van der Waals surface area contributed by atoms with Crippen LogP contribution < -0.4 is 0 Å². The number of ether oxygens (including phenoxy) is 2. The van der Waals surface area contributed by atoms with Crippen LogP contribution in [0.3, 0.4) is 0 Å². The molecule has 0 saturated carbocycles. The van der Waals surface area contributed by atoms with Gasteiger partial charge in [-0.15, -0.1) is 0 Å². The second-order valence-corrected chi connectivity index (χ2v) is 3.19. The van der Waals surface area contributed by atoms with Crippen LogP contribution in [0.5, 0.6) is 0 Å². The second-order valence-electron chi connectivity index (χ2n) is 3.19. The molecule has 0 bridgehead atoms. The first-order chi connectivity index (χ1) is 7.40. The van der Waals surface area contributed by atoms with Gasteiger partial charge in [0.15, 0.2) is 5.78 Å². The molecule has 0 aliphatic rings. The van der Waals surface area contributed by atoms with Crippen molar-refractivity contribution in [2.24, 2.45) is 0 Å². The van der Waals surface area contributed by atoms with E-state index in [1.165, 1.54) is 7.11 Å². The number of alkyl halides is 4. The maximum Gasteiger partial charge on any atom is 0.330 e. The molecule has 0 atom stereocenters. The molecule has 0 heterocycles. The van der Waals surface area contributed by atoms with E-state index in [1.807, 2.05) is 0 Å². The van der Waals surface area contributed by atoms with Crippen LogP contribution in [0, 0.1) is 0 Å². The normalized spacial score (nSPS) is 12.1. The predicted molar refractivity (Wildman–Crippen MR) is 47.9 cm³/mol. The van der Waals surface area contributed by atoms with E-state index in [1.54, 1.807) is 0 Å². The first kappa shape index (κ1) is 15.3. The molecule has 0 fully saturated rings. The third-order valence-electron chi connectivity index (χ3n) is 1.68. The summed E-state index contributed by atoms with van der Waals surface area (Å²) in [7, 11) is 1.46. The van der Waals surface area contributed by atoms with E-state index in [2.05, 4.69) is 9.47 Å². The van der Waals surface area contributed by atoms with Crippen molar-refractivity contribution in [3.63, 3.8) is 0 Å². The third-order valence-corrected chi connectivity index (χ3v) is 1.68. The van der Waals surface area contributed by atoms with E-state index < -0.39 is 31.3 Å². The van der Waals surface area contributed by atoms with Gasteiger partial charge in [0.25, 0.3) is 0 Å². The molecule has 0 aromatic heterocycles. The van der Waals surface area contributed by atoms with Crippen molar-refractivity contribution in [1.29, 1.82) is 0 Å². The molecule has 3 nitrogen and oxygen atoms in total. The van der Waals surface area contributed by atoms with Crippen LogP contribution in [0.25, 0.3) is 0 Å². The molecular formula is C9H14F4O3. The van der Waals surface area contributed by atoms with E-state index in [4.69, 9.17) is 0 Å². The first-order valence-corrected chi connectivity index (χ1v) is 4.64. The van der Waals surface area contributed by atoms with Crippen LogP contribution >= 0.6 is 0 Å². The number of carbonyl (C=O) groups excluding carboxylic acids is 1. The Kier molecular flexibility index (Phi) is 7.24. The highest BCUT2D eigenvalue weighted by atomic mass is 19.3. The van der Waals surface area contributed by atoms with E-state index in [9.17, 15) is 22.4 Å². The van der Waals surface area contributed by atoms with Crippen molar-refractivity contribution in [2.45, 2.75) is 25.2 Å². The van der Waals surface area contributed by atoms with Crippen molar-refractivity contribution in [1.82, 2.24) is 0 Å². The van der Waals surface area contributed by atoms with Gasteiger partial charge in [0, 0.05) is 20.1 Å². The standard InChI is InChI=1S/C9H14F4O3/c1-15-4-2-3-7(14)5-16-6-9(12,13)8(10)11/h8H,2-6H2,1H3. The minimum absolute atomic E-state index is 0.119. The third kappa shape index (κ3) is 6.73. The van der Waals surface area contributed by atoms with Gasteiger partial charge in [0.1, 0.15) is 13.2 Å². The zero-order chi connectivity index (χ0) is 12.6. The highest BCUT2D eigenvalue weighted by Gasteiger charge is 2.41. The van der Waals surface area contributed by atoms with Gasteiger partial charge in [0.05, 0.1) is 0 Å².